The van der Waals surface area contributed by atoms with Crippen molar-refractivity contribution in [3.63, 3.8) is 0 Å². The molecular formula is C20H38O4. The van der Waals surface area contributed by atoms with E-state index in [4.69, 9.17) is 9.47 Å². The Hall–Kier alpha value is -1.06. The van der Waals surface area contributed by atoms with Gasteiger partial charge in [0.2, 0.25) is 0 Å². The van der Waals surface area contributed by atoms with Gasteiger partial charge in [0, 0.05) is 0 Å². The van der Waals surface area contributed by atoms with E-state index in [9.17, 15) is 9.59 Å². The predicted molar refractivity (Wildman–Crippen MR) is 97.7 cm³/mol. The van der Waals surface area contributed by atoms with E-state index in [1.165, 1.54) is 0 Å². The summed E-state index contributed by atoms with van der Waals surface area (Å²) in [5.74, 6) is 0.368. The van der Waals surface area contributed by atoms with Crippen molar-refractivity contribution >= 4 is 11.9 Å². The molecule has 0 unspecified atom stereocenters. The van der Waals surface area contributed by atoms with Crippen LogP contribution in [0, 0.1) is 17.3 Å². The standard InChI is InChI=1S/C20H38O4/c1-7-23-18(21)20(19(22)24-8-2,15-11-13-17(5)6)14-10-9-12-16(3)4/h16-17H,7-15H2,1-6H3. The smallest absolute Gasteiger partial charge is 0.323 e. The molecule has 0 fully saturated rings. The highest BCUT2D eigenvalue weighted by atomic mass is 16.6. The number of rotatable bonds is 13. The van der Waals surface area contributed by atoms with Gasteiger partial charge in [0.15, 0.2) is 5.41 Å². The van der Waals surface area contributed by atoms with E-state index in [1.54, 1.807) is 13.8 Å². The molecule has 4 heteroatoms. The molecule has 0 aromatic carbocycles. The summed E-state index contributed by atoms with van der Waals surface area (Å²) in [6.07, 6.45) is 5.83. The molecule has 0 aromatic heterocycles. The topological polar surface area (TPSA) is 52.6 Å². The SMILES string of the molecule is CCOC(=O)C(CCCCC(C)C)(CCCC(C)C)C(=O)OCC. The summed E-state index contributed by atoms with van der Waals surface area (Å²) in [7, 11) is 0. The number of hydrogen-bond donors (Lipinski definition) is 0. The fourth-order valence-corrected chi connectivity index (χ4v) is 2.95. The zero-order valence-electron chi connectivity index (χ0n) is 16.7. The molecule has 0 spiro atoms. The molecule has 0 aliphatic rings. The van der Waals surface area contributed by atoms with Crippen LogP contribution in [0.1, 0.15) is 86.5 Å². The third-order valence-electron chi connectivity index (χ3n) is 4.35. The second-order valence-corrected chi connectivity index (χ2v) is 7.45. The van der Waals surface area contributed by atoms with Crippen molar-refractivity contribution in [1.82, 2.24) is 0 Å². The van der Waals surface area contributed by atoms with Crippen molar-refractivity contribution in [2.75, 3.05) is 13.2 Å². The van der Waals surface area contributed by atoms with Crippen LogP contribution >= 0.6 is 0 Å². The van der Waals surface area contributed by atoms with Gasteiger partial charge in [0.25, 0.3) is 0 Å². The molecule has 4 nitrogen and oxygen atoms in total. The molecule has 24 heavy (non-hydrogen) atoms. The zero-order chi connectivity index (χ0) is 18.6. The van der Waals surface area contributed by atoms with Gasteiger partial charge >= 0.3 is 11.9 Å². The van der Waals surface area contributed by atoms with Gasteiger partial charge < -0.3 is 9.47 Å². The average molecular weight is 343 g/mol. The second-order valence-electron chi connectivity index (χ2n) is 7.45. The van der Waals surface area contributed by atoms with Crippen LogP contribution in [0.25, 0.3) is 0 Å². The number of esters is 2. The van der Waals surface area contributed by atoms with Gasteiger partial charge in [0.05, 0.1) is 13.2 Å². The Labute approximate surface area is 148 Å². The van der Waals surface area contributed by atoms with Crippen molar-refractivity contribution in [3.05, 3.63) is 0 Å². The maximum absolute atomic E-state index is 12.7. The molecular weight excluding hydrogens is 304 g/mol. The number of carbonyl (C=O) groups excluding carboxylic acids is 2. The number of hydrogen-bond acceptors (Lipinski definition) is 4. The largest absolute Gasteiger partial charge is 0.465 e. The highest BCUT2D eigenvalue weighted by Crippen LogP contribution is 2.35. The van der Waals surface area contributed by atoms with Crippen LogP contribution in [0.5, 0.6) is 0 Å². The minimum atomic E-state index is -1.13. The molecule has 0 bridgehead atoms. The van der Waals surface area contributed by atoms with E-state index in [2.05, 4.69) is 27.7 Å². The summed E-state index contributed by atoms with van der Waals surface area (Å²) < 4.78 is 10.5. The molecule has 0 saturated carbocycles. The first-order chi connectivity index (χ1) is 11.3. The maximum atomic E-state index is 12.7. The van der Waals surface area contributed by atoms with Gasteiger partial charge in [-0.15, -0.1) is 0 Å². The number of unbranched alkanes of at least 4 members (excludes halogenated alkanes) is 1. The summed E-state index contributed by atoms with van der Waals surface area (Å²) in [4.78, 5) is 25.3. The lowest BCUT2D eigenvalue weighted by Gasteiger charge is -2.29. The Morgan fingerprint density at radius 3 is 1.58 bits per heavy atom. The molecule has 0 heterocycles. The molecule has 0 aliphatic heterocycles. The molecule has 0 saturated heterocycles. The average Bonchev–Trinajstić information content (AvgIpc) is 2.49. The zero-order valence-corrected chi connectivity index (χ0v) is 16.7. The van der Waals surface area contributed by atoms with Crippen LogP contribution < -0.4 is 0 Å². The molecule has 142 valence electrons. The van der Waals surface area contributed by atoms with Crippen LogP contribution in [0.3, 0.4) is 0 Å². The Morgan fingerprint density at radius 1 is 0.750 bits per heavy atom. The third-order valence-corrected chi connectivity index (χ3v) is 4.35. The fraction of sp³-hybridized carbons (Fsp3) is 0.900. The molecule has 0 atom stereocenters. The van der Waals surface area contributed by atoms with Gasteiger partial charge in [-0.05, 0) is 38.5 Å². The lowest BCUT2D eigenvalue weighted by molar-refractivity contribution is -0.173. The quantitative estimate of drug-likeness (QED) is 0.264. The van der Waals surface area contributed by atoms with Crippen LogP contribution in [0.15, 0.2) is 0 Å². The number of ether oxygens (including phenoxy) is 2. The lowest BCUT2D eigenvalue weighted by Crippen LogP contribution is -2.42. The normalized spacial score (nSPS) is 11.8. The fourth-order valence-electron chi connectivity index (χ4n) is 2.95. The van der Waals surface area contributed by atoms with Crippen LogP contribution in [0.2, 0.25) is 0 Å². The van der Waals surface area contributed by atoms with E-state index < -0.39 is 17.4 Å². The molecule has 0 amide bonds. The highest BCUT2D eigenvalue weighted by molar-refractivity contribution is 6.00. The molecule has 0 radical (unpaired) electrons. The van der Waals surface area contributed by atoms with E-state index in [0.717, 1.165) is 32.1 Å². The summed E-state index contributed by atoms with van der Waals surface area (Å²) in [5, 5.41) is 0. The summed E-state index contributed by atoms with van der Waals surface area (Å²) in [6, 6.07) is 0. The van der Waals surface area contributed by atoms with Gasteiger partial charge in [-0.25, -0.2) is 0 Å². The first kappa shape index (κ1) is 22.9. The van der Waals surface area contributed by atoms with Crippen molar-refractivity contribution in [3.8, 4) is 0 Å². The Kier molecular flexibility index (Phi) is 11.8. The lowest BCUT2D eigenvalue weighted by atomic mass is 9.77. The van der Waals surface area contributed by atoms with E-state index in [-0.39, 0.29) is 13.2 Å². The highest BCUT2D eigenvalue weighted by Gasteiger charge is 2.47. The van der Waals surface area contributed by atoms with Gasteiger partial charge in [0.1, 0.15) is 0 Å². The molecule has 0 aliphatic carbocycles. The van der Waals surface area contributed by atoms with E-state index >= 15 is 0 Å². The van der Waals surface area contributed by atoms with E-state index in [0.29, 0.717) is 24.7 Å². The Bertz CT molecular complexity index is 343. The molecule has 0 aromatic rings. The minimum Gasteiger partial charge on any atom is -0.465 e. The maximum Gasteiger partial charge on any atom is 0.323 e. The van der Waals surface area contributed by atoms with Crippen molar-refractivity contribution in [2.24, 2.45) is 17.3 Å². The Morgan fingerprint density at radius 2 is 1.17 bits per heavy atom. The van der Waals surface area contributed by atoms with Gasteiger partial charge in [-0.2, -0.15) is 0 Å². The third kappa shape index (κ3) is 8.16. The number of carbonyl (C=O) groups is 2. The summed E-state index contributed by atoms with van der Waals surface area (Å²) in [5.41, 5.74) is -1.13. The molecule has 0 N–H and O–H groups in total. The van der Waals surface area contributed by atoms with Gasteiger partial charge in [-0.1, -0.05) is 59.8 Å². The van der Waals surface area contributed by atoms with E-state index in [1.807, 2.05) is 0 Å². The van der Waals surface area contributed by atoms with Crippen molar-refractivity contribution in [2.45, 2.75) is 86.5 Å². The Balaban J connectivity index is 5.17. The molecule has 0 rings (SSSR count). The van der Waals surface area contributed by atoms with Crippen LogP contribution in [0.4, 0.5) is 0 Å². The monoisotopic (exact) mass is 342 g/mol. The van der Waals surface area contributed by atoms with Gasteiger partial charge in [-0.3, -0.25) is 9.59 Å². The summed E-state index contributed by atoms with van der Waals surface area (Å²) >= 11 is 0. The van der Waals surface area contributed by atoms with Crippen LogP contribution in [-0.2, 0) is 19.1 Å². The first-order valence-electron chi connectivity index (χ1n) is 9.64. The van der Waals surface area contributed by atoms with Crippen molar-refractivity contribution < 1.29 is 19.1 Å². The summed E-state index contributed by atoms with van der Waals surface area (Å²) in [6.45, 7) is 12.8. The predicted octanol–water partition coefficient (Wildman–Crippen LogP) is 5.14. The first-order valence-corrected chi connectivity index (χ1v) is 9.64. The van der Waals surface area contributed by atoms with Crippen molar-refractivity contribution in [1.29, 1.82) is 0 Å². The minimum absolute atomic E-state index is 0.288. The second kappa shape index (κ2) is 12.3. The van der Waals surface area contributed by atoms with Crippen LogP contribution in [-0.4, -0.2) is 25.2 Å².